The van der Waals surface area contributed by atoms with E-state index in [4.69, 9.17) is 4.42 Å². The van der Waals surface area contributed by atoms with Crippen LogP contribution >= 0.6 is 0 Å². The number of amides is 4. The average molecular weight is 405 g/mol. The van der Waals surface area contributed by atoms with Gasteiger partial charge in [-0.1, -0.05) is 6.92 Å². The first kappa shape index (κ1) is 20.9. The van der Waals surface area contributed by atoms with Gasteiger partial charge in [0.25, 0.3) is 5.91 Å². The van der Waals surface area contributed by atoms with Crippen molar-refractivity contribution in [1.82, 2.24) is 15.1 Å². The van der Waals surface area contributed by atoms with Gasteiger partial charge in [0, 0.05) is 7.05 Å². The van der Waals surface area contributed by atoms with Gasteiger partial charge in [-0.25, -0.2) is 9.59 Å². The standard InChI is InChI=1S/C20H27N3O6/c1-12-5-7-20(8-6-12)18(26)23(19(27)21-20)11-16(24)22(3)10-14-9-15(13(2)29-14)17(25)28-4/h9,12H,5-8,10-11H2,1-4H3,(H,21,27). The minimum absolute atomic E-state index is 0.100. The van der Waals surface area contributed by atoms with Crippen LogP contribution in [-0.2, 0) is 20.9 Å². The lowest BCUT2D eigenvalue weighted by Crippen LogP contribution is -2.50. The zero-order valence-electron chi connectivity index (χ0n) is 17.2. The molecular formula is C20H27N3O6. The van der Waals surface area contributed by atoms with Gasteiger partial charge in [-0.3, -0.25) is 14.5 Å². The minimum atomic E-state index is -0.865. The van der Waals surface area contributed by atoms with Crippen LogP contribution in [0.2, 0.25) is 0 Å². The summed E-state index contributed by atoms with van der Waals surface area (Å²) in [7, 11) is 2.83. The fraction of sp³-hybridized carbons (Fsp3) is 0.600. The van der Waals surface area contributed by atoms with E-state index in [1.54, 1.807) is 14.0 Å². The number of imide groups is 1. The Morgan fingerprint density at radius 1 is 1.34 bits per heavy atom. The third-order valence-corrected chi connectivity index (χ3v) is 5.86. The molecule has 0 unspecified atom stereocenters. The number of aryl methyl sites for hydroxylation is 1. The van der Waals surface area contributed by atoms with Gasteiger partial charge in [-0.15, -0.1) is 0 Å². The second-order valence-electron chi connectivity index (χ2n) is 8.01. The molecule has 1 N–H and O–H groups in total. The van der Waals surface area contributed by atoms with E-state index >= 15 is 0 Å². The number of urea groups is 1. The largest absolute Gasteiger partial charge is 0.465 e. The molecule has 0 aromatic carbocycles. The summed E-state index contributed by atoms with van der Waals surface area (Å²) < 4.78 is 10.2. The first-order valence-electron chi connectivity index (χ1n) is 9.72. The molecular weight excluding hydrogens is 378 g/mol. The smallest absolute Gasteiger partial charge is 0.341 e. The second kappa shape index (κ2) is 7.88. The number of likely N-dealkylation sites (N-methyl/N-ethyl adjacent to an activating group) is 1. The molecule has 1 saturated heterocycles. The van der Waals surface area contributed by atoms with Gasteiger partial charge in [-0.05, 0) is 44.6 Å². The average Bonchev–Trinajstić information content (AvgIpc) is 3.16. The lowest BCUT2D eigenvalue weighted by atomic mass is 9.77. The lowest BCUT2D eigenvalue weighted by molar-refractivity contribution is -0.139. The van der Waals surface area contributed by atoms with Gasteiger partial charge in [0.05, 0.1) is 13.7 Å². The molecule has 2 aliphatic rings. The molecule has 1 aromatic rings. The normalized spacial score (nSPS) is 24.0. The van der Waals surface area contributed by atoms with Crippen molar-refractivity contribution in [3.63, 3.8) is 0 Å². The number of furan rings is 1. The van der Waals surface area contributed by atoms with Gasteiger partial charge in [0.2, 0.25) is 5.91 Å². The zero-order valence-corrected chi connectivity index (χ0v) is 17.2. The molecule has 1 aliphatic heterocycles. The summed E-state index contributed by atoms with van der Waals surface area (Å²) in [6.45, 7) is 3.53. The molecule has 3 rings (SSSR count). The molecule has 4 amide bonds. The van der Waals surface area contributed by atoms with Crippen LogP contribution in [0, 0.1) is 12.8 Å². The number of esters is 1. The molecule has 1 spiro atoms. The molecule has 2 fully saturated rings. The number of nitrogens with zero attached hydrogens (tertiary/aromatic N) is 2. The SMILES string of the molecule is COC(=O)c1cc(CN(C)C(=O)CN2C(=O)NC3(CCC(C)CC3)C2=O)oc1C. The summed E-state index contributed by atoms with van der Waals surface area (Å²) >= 11 is 0. The van der Waals surface area contributed by atoms with Crippen molar-refractivity contribution in [2.24, 2.45) is 5.92 Å². The van der Waals surface area contributed by atoms with Crippen LogP contribution in [0.4, 0.5) is 4.79 Å². The summed E-state index contributed by atoms with van der Waals surface area (Å²) in [6, 6.07) is 1.00. The van der Waals surface area contributed by atoms with Crippen molar-refractivity contribution in [3.05, 3.63) is 23.2 Å². The minimum Gasteiger partial charge on any atom is -0.465 e. The number of ether oxygens (including phenoxy) is 1. The number of hydrogen-bond donors (Lipinski definition) is 1. The molecule has 0 bridgehead atoms. The Morgan fingerprint density at radius 3 is 2.62 bits per heavy atom. The van der Waals surface area contributed by atoms with E-state index in [-0.39, 0.29) is 19.0 Å². The first-order valence-corrected chi connectivity index (χ1v) is 9.72. The van der Waals surface area contributed by atoms with Gasteiger partial charge in [0.1, 0.15) is 29.2 Å². The highest BCUT2D eigenvalue weighted by Crippen LogP contribution is 2.36. The molecule has 2 heterocycles. The molecule has 9 heteroatoms. The Kier molecular flexibility index (Phi) is 5.68. The van der Waals surface area contributed by atoms with E-state index in [2.05, 4.69) is 17.0 Å². The lowest BCUT2D eigenvalue weighted by Gasteiger charge is -2.33. The highest BCUT2D eigenvalue weighted by molar-refractivity contribution is 6.09. The van der Waals surface area contributed by atoms with Crippen LogP contribution in [0.5, 0.6) is 0 Å². The Bertz CT molecular complexity index is 837. The number of carbonyl (C=O) groups is 4. The number of rotatable bonds is 5. The maximum Gasteiger partial charge on any atom is 0.341 e. The van der Waals surface area contributed by atoms with Crippen LogP contribution in [0.3, 0.4) is 0 Å². The summed E-state index contributed by atoms with van der Waals surface area (Å²) in [5.41, 5.74) is -0.568. The van der Waals surface area contributed by atoms with E-state index in [0.29, 0.717) is 35.8 Å². The van der Waals surface area contributed by atoms with Crippen LogP contribution in [0.1, 0.15) is 54.5 Å². The third-order valence-electron chi connectivity index (χ3n) is 5.86. The van der Waals surface area contributed by atoms with E-state index < -0.39 is 23.4 Å². The van der Waals surface area contributed by atoms with E-state index in [9.17, 15) is 19.2 Å². The van der Waals surface area contributed by atoms with E-state index in [1.165, 1.54) is 18.1 Å². The summed E-state index contributed by atoms with van der Waals surface area (Å²) in [5.74, 6) is 0.0991. The molecule has 1 aliphatic carbocycles. The predicted molar refractivity (Wildman–Crippen MR) is 102 cm³/mol. The van der Waals surface area contributed by atoms with E-state index in [1.807, 2.05) is 0 Å². The maximum absolute atomic E-state index is 12.9. The van der Waals surface area contributed by atoms with Crippen molar-refractivity contribution in [1.29, 1.82) is 0 Å². The predicted octanol–water partition coefficient (Wildman–Crippen LogP) is 1.83. The highest BCUT2D eigenvalue weighted by Gasteiger charge is 2.52. The fourth-order valence-corrected chi connectivity index (χ4v) is 3.93. The quantitative estimate of drug-likeness (QED) is 0.591. The Morgan fingerprint density at radius 2 is 2.00 bits per heavy atom. The van der Waals surface area contributed by atoms with Crippen molar-refractivity contribution in [3.8, 4) is 0 Å². The Labute approximate surface area is 169 Å². The van der Waals surface area contributed by atoms with Gasteiger partial charge in [-0.2, -0.15) is 0 Å². The number of nitrogens with one attached hydrogen (secondary N) is 1. The van der Waals surface area contributed by atoms with Crippen LogP contribution in [-0.4, -0.2) is 59.9 Å². The molecule has 9 nitrogen and oxygen atoms in total. The van der Waals surface area contributed by atoms with Crippen LogP contribution in [0.15, 0.2) is 10.5 Å². The summed E-state index contributed by atoms with van der Waals surface area (Å²) in [4.78, 5) is 51.9. The monoisotopic (exact) mass is 405 g/mol. The molecule has 1 saturated carbocycles. The van der Waals surface area contributed by atoms with Gasteiger partial charge < -0.3 is 19.4 Å². The Balaban J connectivity index is 1.63. The molecule has 0 atom stereocenters. The number of methoxy groups -OCH3 is 1. The highest BCUT2D eigenvalue weighted by atomic mass is 16.5. The van der Waals surface area contributed by atoms with Crippen LogP contribution < -0.4 is 5.32 Å². The molecule has 0 radical (unpaired) electrons. The molecule has 29 heavy (non-hydrogen) atoms. The van der Waals surface area contributed by atoms with Crippen molar-refractivity contribution < 1.29 is 28.3 Å². The zero-order chi connectivity index (χ0) is 21.3. The van der Waals surface area contributed by atoms with Gasteiger partial charge in [0.15, 0.2) is 0 Å². The van der Waals surface area contributed by atoms with Crippen molar-refractivity contribution in [2.45, 2.75) is 51.6 Å². The summed E-state index contributed by atoms with van der Waals surface area (Å²) in [6.07, 6.45) is 2.94. The fourth-order valence-electron chi connectivity index (χ4n) is 3.93. The topological polar surface area (TPSA) is 109 Å². The first-order chi connectivity index (χ1) is 13.7. The maximum atomic E-state index is 12.9. The van der Waals surface area contributed by atoms with Gasteiger partial charge >= 0.3 is 12.0 Å². The third kappa shape index (κ3) is 3.99. The Hall–Kier alpha value is -2.84. The van der Waals surface area contributed by atoms with Crippen LogP contribution in [0.25, 0.3) is 0 Å². The molecule has 1 aromatic heterocycles. The van der Waals surface area contributed by atoms with Crippen molar-refractivity contribution >= 4 is 23.8 Å². The second-order valence-corrected chi connectivity index (χ2v) is 8.01. The van der Waals surface area contributed by atoms with Crippen molar-refractivity contribution in [2.75, 3.05) is 20.7 Å². The summed E-state index contributed by atoms with van der Waals surface area (Å²) in [5, 5.41) is 2.81. The molecule has 158 valence electrons. The van der Waals surface area contributed by atoms with E-state index in [0.717, 1.165) is 17.7 Å². The number of hydrogen-bond acceptors (Lipinski definition) is 6. The number of carbonyl (C=O) groups excluding carboxylic acids is 4.